The lowest BCUT2D eigenvalue weighted by Gasteiger charge is -2.14. The normalized spacial score (nSPS) is 11.4. The zero-order valence-corrected chi connectivity index (χ0v) is 17.2. The van der Waals surface area contributed by atoms with Gasteiger partial charge in [-0.1, -0.05) is 11.6 Å². The van der Waals surface area contributed by atoms with Crippen LogP contribution < -0.4 is 9.46 Å². The number of nitrogens with one attached hydrogen (secondary N) is 1. The predicted octanol–water partition coefficient (Wildman–Crippen LogP) is 3.14. The SMILES string of the molecule is COc1ccc(C(=O)OCC(=O)c2ccc(Cl)s2)cc1S(=O)(=O)NC(C)C. The molecule has 0 aliphatic rings. The number of hydrogen-bond acceptors (Lipinski definition) is 7. The van der Waals surface area contributed by atoms with Gasteiger partial charge in [0.1, 0.15) is 10.6 Å². The van der Waals surface area contributed by atoms with Gasteiger partial charge in [0.2, 0.25) is 15.8 Å². The van der Waals surface area contributed by atoms with Crippen LogP contribution in [0.4, 0.5) is 0 Å². The van der Waals surface area contributed by atoms with Crippen LogP contribution in [0.15, 0.2) is 35.2 Å². The molecule has 0 amide bonds. The summed E-state index contributed by atoms with van der Waals surface area (Å²) >= 11 is 6.85. The topological polar surface area (TPSA) is 98.8 Å². The summed E-state index contributed by atoms with van der Waals surface area (Å²) in [5.41, 5.74) is -0.0167. The third kappa shape index (κ3) is 5.52. The van der Waals surface area contributed by atoms with Crippen LogP contribution in [0.1, 0.15) is 33.9 Å². The fourth-order valence-electron chi connectivity index (χ4n) is 2.14. The first-order valence-electron chi connectivity index (χ1n) is 7.80. The average molecular weight is 432 g/mol. The van der Waals surface area contributed by atoms with Gasteiger partial charge in [0, 0.05) is 6.04 Å². The largest absolute Gasteiger partial charge is 0.495 e. The number of thiophene rings is 1. The number of benzene rings is 1. The van der Waals surface area contributed by atoms with Gasteiger partial charge < -0.3 is 9.47 Å². The molecule has 27 heavy (non-hydrogen) atoms. The van der Waals surface area contributed by atoms with Crippen molar-refractivity contribution in [2.75, 3.05) is 13.7 Å². The van der Waals surface area contributed by atoms with Crippen molar-refractivity contribution in [1.82, 2.24) is 4.72 Å². The highest BCUT2D eigenvalue weighted by atomic mass is 35.5. The van der Waals surface area contributed by atoms with Crippen molar-refractivity contribution in [3.8, 4) is 5.75 Å². The van der Waals surface area contributed by atoms with Crippen molar-refractivity contribution in [2.45, 2.75) is 24.8 Å². The van der Waals surface area contributed by atoms with Crippen LogP contribution in [-0.2, 0) is 14.8 Å². The van der Waals surface area contributed by atoms with Gasteiger partial charge in [-0.3, -0.25) is 4.79 Å². The maximum atomic E-state index is 12.4. The number of Topliss-reactive ketones (excluding diaryl/α,β-unsaturated/α-hetero) is 1. The van der Waals surface area contributed by atoms with Gasteiger partial charge in [0.05, 0.1) is 21.9 Å². The minimum absolute atomic E-state index is 0.0167. The standard InChI is InChI=1S/C17H18ClNO6S2/c1-10(2)19-27(22,23)15-8-11(4-5-13(15)24-3)17(21)25-9-12(20)14-6-7-16(18)26-14/h4-8,10,19H,9H2,1-3H3. The molecular formula is C17H18ClNO6S2. The van der Waals surface area contributed by atoms with Crippen molar-refractivity contribution >= 4 is 44.7 Å². The van der Waals surface area contributed by atoms with E-state index < -0.39 is 28.4 Å². The van der Waals surface area contributed by atoms with Crippen molar-refractivity contribution in [3.05, 3.63) is 45.1 Å². The summed E-state index contributed by atoms with van der Waals surface area (Å²) in [6.45, 7) is 2.86. The van der Waals surface area contributed by atoms with E-state index in [4.69, 9.17) is 21.1 Å². The molecule has 1 heterocycles. The molecule has 10 heteroatoms. The summed E-state index contributed by atoms with van der Waals surface area (Å²) in [4.78, 5) is 24.4. The van der Waals surface area contributed by atoms with E-state index in [9.17, 15) is 18.0 Å². The number of halogens is 1. The van der Waals surface area contributed by atoms with E-state index in [1.54, 1.807) is 26.0 Å². The third-order valence-corrected chi connectivity index (χ3v) is 6.21. The number of sulfonamides is 1. The quantitative estimate of drug-likeness (QED) is 0.509. The summed E-state index contributed by atoms with van der Waals surface area (Å²) in [7, 11) is -2.57. The van der Waals surface area contributed by atoms with Gasteiger partial charge in [-0.15, -0.1) is 11.3 Å². The highest BCUT2D eigenvalue weighted by Crippen LogP contribution is 2.26. The second-order valence-electron chi connectivity index (χ2n) is 5.74. The second kappa shape index (κ2) is 8.83. The molecule has 0 aliphatic carbocycles. The Bertz CT molecular complexity index is 952. The molecule has 0 fully saturated rings. The molecule has 0 atom stereocenters. The minimum Gasteiger partial charge on any atom is -0.495 e. The van der Waals surface area contributed by atoms with Crippen LogP contribution in [0, 0.1) is 0 Å². The molecule has 0 bridgehead atoms. The van der Waals surface area contributed by atoms with Crippen LogP contribution >= 0.6 is 22.9 Å². The summed E-state index contributed by atoms with van der Waals surface area (Å²) < 4.78 is 37.8. The average Bonchev–Trinajstić information content (AvgIpc) is 3.04. The van der Waals surface area contributed by atoms with E-state index >= 15 is 0 Å². The zero-order chi connectivity index (χ0) is 20.2. The fourth-order valence-corrected chi connectivity index (χ4v) is 4.55. The molecule has 0 saturated heterocycles. The molecule has 0 saturated carbocycles. The van der Waals surface area contributed by atoms with E-state index in [0.717, 1.165) is 17.4 Å². The number of ether oxygens (including phenoxy) is 2. The van der Waals surface area contributed by atoms with Gasteiger partial charge in [-0.2, -0.15) is 0 Å². The molecule has 1 N–H and O–H groups in total. The van der Waals surface area contributed by atoms with Crippen LogP contribution in [0.5, 0.6) is 5.75 Å². The van der Waals surface area contributed by atoms with Gasteiger partial charge >= 0.3 is 5.97 Å². The van der Waals surface area contributed by atoms with Gasteiger partial charge in [0.25, 0.3) is 0 Å². The van der Waals surface area contributed by atoms with Crippen LogP contribution in [-0.4, -0.2) is 39.9 Å². The van der Waals surface area contributed by atoms with Crippen LogP contribution in [0.3, 0.4) is 0 Å². The highest BCUT2D eigenvalue weighted by molar-refractivity contribution is 7.89. The Hall–Kier alpha value is -1.94. The minimum atomic E-state index is -3.89. The molecular weight excluding hydrogens is 414 g/mol. The lowest BCUT2D eigenvalue weighted by molar-refractivity contribution is 0.0475. The maximum Gasteiger partial charge on any atom is 0.338 e. The monoisotopic (exact) mass is 431 g/mol. The lowest BCUT2D eigenvalue weighted by Crippen LogP contribution is -2.30. The number of carbonyl (C=O) groups is 2. The van der Waals surface area contributed by atoms with Crippen molar-refractivity contribution in [3.63, 3.8) is 0 Å². The number of hydrogen-bond donors (Lipinski definition) is 1. The maximum absolute atomic E-state index is 12.4. The Kier molecular flexibility index (Phi) is 6.99. The number of methoxy groups -OCH3 is 1. The Morgan fingerprint density at radius 2 is 1.93 bits per heavy atom. The Balaban J connectivity index is 2.19. The third-order valence-electron chi connectivity index (χ3n) is 3.26. The summed E-state index contributed by atoms with van der Waals surface area (Å²) in [6.07, 6.45) is 0. The van der Waals surface area contributed by atoms with E-state index in [1.165, 1.54) is 19.2 Å². The van der Waals surface area contributed by atoms with E-state index in [-0.39, 0.29) is 22.3 Å². The molecule has 0 radical (unpaired) electrons. The first-order chi connectivity index (χ1) is 12.6. The molecule has 0 aliphatic heterocycles. The molecule has 0 spiro atoms. The first kappa shape index (κ1) is 21.4. The molecule has 146 valence electrons. The zero-order valence-electron chi connectivity index (χ0n) is 14.8. The summed E-state index contributed by atoms with van der Waals surface area (Å²) in [6, 6.07) is 6.64. The highest BCUT2D eigenvalue weighted by Gasteiger charge is 2.23. The van der Waals surface area contributed by atoms with Crippen molar-refractivity contribution in [1.29, 1.82) is 0 Å². The number of ketones is 1. The van der Waals surface area contributed by atoms with Crippen LogP contribution in [0.2, 0.25) is 4.34 Å². The molecule has 7 nitrogen and oxygen atoms in total. The molecule has 2 rings (SSSR count). The summed E-state index contributed by atoms with van der Waals surface area (Å²) in [5, 5.41) is 0. The van der Waals surface area contributed by atoms with E-state index in [1.807, 2.05) is 0 Å². The van der Waals surface area contributed by atoms with Gasteiger partial charge in [0.15, 0.2) is 6.61 Å². The molecule has 1 aromatic heterocycles. The van der Waals surface area contributed by atoms with E-state index in [2.05, 4.69) is 4.72 Å². The number of rotatable bonds is 8. The molecule has 2 aromatic rings. The Morgan fingerprint density at radius 1 is 1.22 bits per heavy atom. The van der Waals surface area contributed by atoms with E-state index in [0.29, 0.717) is 9.21 Å². The first-order valence-corrected chi connectivity index (χ1v) is 10.5. The number of carbonyl (C=O) groups excluding carboxylic acids is 2. The fraction of sp³-hybridized carbons (Fsp3) is 0.294. The summed E-state index contributed by atoms with van der Waals surface area (Å²) in [5.74, 6) is -1.14. The lowest BCUT2D eigenvalue weighted by atomic mass is 10.2. The van der Waals surface area contributed by atoms with Crippen molar-refractivity contribution < 1.29 is 27.5 Å². The van der Waals surface area contributed by atoms with Gasteiger partial charge in [-0.05, 0) is 44.2 Å². The Labute approximate surface area is 166 Å². The predicted molar refractivity (Wildman–Crippen MR) is 102 cm³/mol. The smallest absolute Gasteiger partial charge is 0.338 e. The Morgan fingerprint density at radius 3 is 2.48 bits per heavy atom. The van der Waals surface area contributed by atoms with Crippen LogP contribution in [0.25, 0.3) is 0 Å². The molecule has 1 aromatic carbocycles. The number of esters is 1. The second-order valence-corrected chi connectivity index (χ2v) is 9.14. The van der Waals surface area contributed by atoms with Gasteiger partial charge in [-0.25, -0.2) is 17.9 Å². The molecule has 0 unspecified atom stereocenters. The van der Waals surface area contributed by atoms with Crippen molar-refractivity contribution in [2.24, 2.45) is 0 Å².